The van der Waals surface area contributed by atoms with Crippen LogP contribution in [0.4, 0.5) is 0 Å². The van der Waals surface area contributed by atoms with E-state index < -0.39 is 0 Å². The molecule has 5 heteroatoms. The van der Waals surface area contributed by atoms with Crippen LogP contribution in [0.25, 0.3) is 33.4 Å². The Kier molecular flexibility index (Phi) is 9.36. The maximum absolute atomic E-state index is 13.1. The Hall–Kier alpha value is -3.60. The normalized spacial score (nSPS) is 11.2. The maximum Gasteiger partial charge on any atom is 0.338 e. The molecule has 2 aliphatic rings. The standard InChI is InChI=1S/C32H36O5/c1-3-5-7-11-19-35-24-16-18-28-30(22-24)37-29-21-23(33)15-17-27(29)31(28)25-13-9-10-14-26(25)32(34)36-20-12-8-6-4-2/h9-10,13-18,21-22H,3-8,11-12,19-20H2,1-2H3. The Bertz CT molecular complexity index is 1350. The van der Waals surface area contributed by atoms with Crippen molar-refractivity contribution < 1.29 is 18.7 Å². The molecule has 0 unspecified atom stereocenters. The number of hydrogen-bond donors (Lipinski definition) is 0. The average Bonchev–Trinajstić information content (AvgIpc) is 2.91. The van der Waals surface area contributed by atoms with Gasteiger partial charge in [-0.25, -0.2) is 4.79 Å². The highest BCUT2D eigenvalue weighted by Gasteiger charge is 2.22. The van der Waals surface area contributed by atoms with Crippen molar-refractivity contribution in [2.24, 2.45) is 0 Å². The van der Waals surface area contributed by atoms with Gasteiger partial charge in [0.25, 0.3) is 0 Å². The molecule has 0 aromatic heterocycles. The number of hydrogen-bond acceptors (Lipinski definition) is 5. The molecule has 0 saturated heterocycles. The Morgan fingerprint density at radius 1 is 0.784 bits per heavy atom. The molecule has 1 aliphatic heterocycles. The first-order valence-corrected chi connectivity index (χ1v) is 13.5. The van der Waals surface area contributed by atoms with E-state index in [0.717, 1.165) is 66.4 Å². The van der Waals surface area contributed by atoms with Crippen LogP contribution in [0.2, 0.25) is 0 Å². The number of benzene rings is 3. The molecule has 0 saturated carbocycles. The highest BCUT2D eigenvalue weighted by Crippen LogP contribution is 2.42. The first-order valence-electron chi connectivity index (χ1n) is 13.5. The van der Waals surface area contributed by atoms with E-state index in [1.54, 1.807) is 12.1 Å². The van der Waals surface area contributed by atoms with Crippen LogP contribution in [-0.4, -0.2) is 19.2 Å². The van der Waals surface area contributed by atoms with Crippen LogP contribution in [0.3, 0.4) is 0 Å². The third-order valence-electron chi connectivity index (χ3n) is 6.58. The van der Waals surface area contributed by atoms with Gasteiger partial charge in [0.15, 0.2) is 5.43 Å². The molecule has 0 spiro atoms. The van der Waals surface area contributed by atoms with Crippen LogP contribution < -0.4 is 10.2 Å². The fourth-order valence-corrected chi connectivity index (χ4v) is 4.60. The summed E-state index contributed by atoms with van der Waals surface area (Å²) >= 11 is 0. The van der Waals surface area contributed by atoms with Crippen molar-refractivity contribution in [2.45, 2.75) is 65.2 Å². The zero-order valence-electron chi connectivity index (χ0n) is 21.9. The minimum Gasteiger partial charge on any atom is -0.493 e. The lowest BCUT2D eigenvalue weighted by Gasteiger charge is -2.18. The molecule has 2 aromatic carbocycles. The van der Waals surface area contributed by atoms with E-state index in [1.165, 1.54) is 25.0 Å². The summed E-state index contributed by atoms with van der Waals surface area (Å²) in [4.78, 5) is 25.3. The highest BCUT2D eigenvalue weighted by atomic mass is 16.5. The van der Waals surface area contributed by atoms with E-state index in [4.69, 9.17) is 13.9 Å². The molecule has 0 N–H and O–H groups in total. The van der Waals surface area contributed by atoms with Gasteiger partial charge in [-0.15, -0.1) is 0 Å². The van der Waals surface area contributed by atoms with E-state index >= 15 is 0 Å². The van der Waals surface area contributed by atoms with Crippen molar-refractivity contribution in [1.82, 2.24) is 0 Å². The highest BCUT2D eigenvalue weighted by molar-refractivity contribution is 6.07. The molecule has 37 heavy (non-hydrogen) atoms. The number of ether oxygens (including phenoxy) is 2. The molecule has 0 radical (unpaired) electrons. The van der Waals surface area contributed by atoms with Crippen molar-refractivity contribution in [3.63, 3.8) is 0 Å². The van der Waals surface area contributed by atoms with Gasteiger partial charge < -0.3 is 13.9 Å². The van der Waals surface area contributed by atoms with Crippen LogP contribution in [0.5, 0.6) is 5.75 Å². The summed E-state index contributed by atoms with van der Waals surface area (Å²) in [6.45, 7) is 5.38. The fourth-order valence-electron chi connectivity index (χ4n) is 4.60. The van der Waals surface area contributed by atoms with Gasteiger partial charge in [0.05, 0.1) is 18.8 Å². The molecule has 194 valence electrons. The minimum absolute atomic E-state index is 0.135. The first kappa shape index (κ1) is 26.5. The number of carbonyl (C=O) groups excluding carboxylic acids is 1. The Morgan fingerprint density at radius 3 is 2.32 bits per heavy atom. The Balaban J connectivity index is 1.72. The van der Waals surface area contributed by atoms with Crippen molar-refractivity contribution >= 4 is 16.9 Å². The van der Waals surface area contributed by atoms with E-state index in [2.05, 4.69) is 13.8 Å². The van der Waals surface area contributed by atoms with Crippen LogP contribution in [0.15, 0.2) is 69.9 Å². The number of esters is 1. The third kappa shape index (κ3) is 6.59. The molecule has 0 bridgehead atoms. The summed E-state index contributed by atoms with van der Waals surface area (Å²) in [5.41, 5.74) is 3.31. The molecule has 1 aliphatic carbocycles. The minimum atomic E-state index is -0.346. The smallest absolute Gasteiger partial charge is 0.338 e. The average molecular weight is 501 g/mol. The van der Waals surface area contributed by atoms with Gasteiger partial charge in [-0.2, -0.15) is 0 Å². The molecule has 4 rings (SSSR count). The lowest BCUT2D eigenvalue weighted by atomic mass is 9.91. The SMILES string of the molecule is CCCCCCOC(=O)c1ccccc1-c1c2ccc(=O)cc-2oc2cc(OCCCCCC)ccc12. The predicted octanol–water partition coefficient (Wildman–Crippen LogP) is 8.26. The molecule has 1 heterocycles. The summed E-state index contributed by atoms with van der Waals surface area (Å²) in [7, 11) is 0. The number of rotatable bonds is 13. The van der Waals surface area contributed by atoms with Crippen LogP contribution in [0, 0.1) is 0 Å². The molecule has 0 fully saturated rings. The lowest BCUT2D eigenvalue weighted by molar-refractivity contribution is 0.0498. The summed E-state index contributed by atoms with van der Waals surface area (Å²) in [6.07, 6.45) is 8.68. The quantitative estimate of drug-likeness (QED) is 0.105. The summed E-state index contributed by atoms with van der Waals surface area (Å²) in [6, 6.07) is 18.0. The van der Waals surface area contributed by atoms with Gasteiger partial charge in [-0.3, -0.25) is 4.79 Å². The second kappa shape index (κ2) is 13.1. The van der Waals surface area contributed by atoms with Gasteiger partial charge >= 0.3 is 5.97 Å². The number of fused-ring (bicyclic) bond motifs is 2. The number of carbonyl (C=O) groups is 1. The topological polar surface area (TPSA) is 65.7 Å². The zero-order chi connectivity index (χ0) is 26.0. The van der Waals surface area contributed by atoms with Gasteiger partial charge in [0.2, 0.25) is 0 Å². The van der Waals surface area contributed by atoms with Crippen LogP contribution in [0.1, 0.15) is 75.6 Å². The molecule has 5 nitrogen and oxygen atoms in total. The van der Waals surface area contributed by atoms with Gasteiger partial charge in [-0.05, 0) is 48.7 Å². The van der Waals surface area contributed by atoms with Gasteiger partial charge in [0.1, 0.15) is 17.1 Å². The molecule has 0 amide bonds. The Morgan fingerprint density at radius 2 is 1.54 bits per heavy atom. The monoisotopic (exact) mass is 500 g/mol. The van der Waals surface area contributed by atoms with Crippen LogP contribution >= 0.6 is 0 Å². The second-order valence-electron chi connectivity index (χ2n) is 9.44. The van der Waals surface area contributed by atoms with E-state index in [0.29, 0.717) is 30.1 Å². The van der Waals surface area contributed by atoms with Crippen LogP contribution in [-0.2, 0) is 4.74 Å². The Labute approximate surface area is 218 Å². The first-order chi connectivity index (χ1) is 18.1. The van der Waals surface area contributed by atoms with E-state index in [-0.39, 0.29) is 11.4 Å². The van der Waals surface area contributed by atoms with Gasteiger partial charge in [0, 0.05) is 28.6 Å². The summed E-state index contributed by atoms with van der Waals surface area (Å²) < 4.78 is 17.8. The van der Waals surface area contributed by atoms with Crippen molar-refractivity contribution in [3.05, 3.63) is 76.5 Å². The third-order valence-corrected chi connectivity index (χ3v) is 6.58. The molecule has 0 atom stereocenters. The summed E-state index contributed by atoms with van der Waals surface area (Å²) in [5.74, 6) is 0.843. The van der Waals surface area contributed by atoms with Gasteiger partial charge in [-0.1, -0.05) is 70.6 Å². The van der Waals surface area contributed by atoms with E-state index in [9.17, 15) is 9.59 Å². The predicted molar refractivity (Wildman–Crippen MR) is 149 cm³/mol. The molecular formula is C32H36O5. The number of unbranched alkanes of at least 4 members (excludes halogenated alkanes) is 6. The fraction of sp³-hybridized carbons (Fsp3) is 0.375. The largest absolute Gasteiger partial charge is 0.493 e. The van der Waals surface area contributed by atoms with Crippen molar-refractivity contribution in [1.29, 1.82) is 0 Å². The lowest BCUT2D eigenvalue weighted by Crippen LogP contribution is -2.09. The van der Waals surface area contributed by atoms with Crippen molar-refractivity contribution in [3.8, 4) is 28.2 Å². The zero-order valence-corrected chi connectivity index (χ0v) is 21.9. The second-order valence-corrected chi connectivity index (χ2v) is 9.44. The maximum atomic E-state index is 13.1. The molecule has 2 aromatic rings. The van der Waals surface area contributed by atoms with E-state index in [1.807, 2.05) is 36.4 Å². The summed E-state index contributed by atoms with van der Waals surface area (Å²) in [5, 5.41) is 0.840. The van der Waals surface area contributed by atoms with Crippen molar-refractivity contribution in [2.75, 3.05) is 13.2 Å². The molecular weight excluding hydrogens is 464 g/mol.